The zero-order valence-corrected chi connectivity index (χ0v) is 12.7. The van der Waals surface area contributed by atoms with E-state index in [0.29, 0.717) is 12.1 Å². The van der Waals surface area contributed by atoms with Crippen molar-refractivity contribution in [3.05, 3.63) is 29.8 Å². The Morgan fingerprint density at radius 2 is 1.89 bits per heavy atom. The van der Waals surface area contributed by atoms with Crippen molar-refractivity contribution in [3.63, 3.8) is 0 Å². The van der Waals surface area contributed by atoms with Gasteiger partial charge in [0.2, 0.25) is 0 Å². The fourth-order valence-corrected chi connectivity index (χ4v) is 2.88. The zero-order valence-electron chi connectivity index (χ0n) is 12.7. The van der Waals surface area contributed by atoms with Crippen LogP contribution < -0.4 is 10.2 Å². The average molecular weight is 261 g/mol. The summed E-state index contributed by atoms with van der Waals surface area (Å²) in [7, 11) is 4.23. The minimum Gasteiger partial charge on any atom is -0.367 e. The molecule has 1 aliphatic rings. The third-order valence-corrected chi connectivity index (χ3v) is 4.20. The minimum atomic E-state index is 0.418. The van der Waals surface area contributed by atoms with Crippen molar-refractivity contribution in [2.24, 2.45) is 0 Å². The predicted octanol–water partition coefficient (Wildman–Crippen LogP) is 2.50. The lowest BCUT2D eigenvalue weighted by atomic mass is 10.1. The molecule has 19 heavy (non-hydrogen) atoms. The van der Waals surface area contributed by atoms with E-state index in [9.17, 15) is 0 Å². The Morgan fingerprint density at radius 3 is 2.53 bits per heavy atom. The van der Waals surface area contributed by atoms with Gasteiger partial charge in [-0.25, -0.2) is 0 Å². The summed E-state index contributed by atoms with van der Waals surface area (Å²) in [5.41, 5.74) is 2.71. The molecule has 1 N–H and O–H groups in total. The summed E-state index contributed by atoms with van der Waals surface area (Å²) in [6, 6.07) is 10.0. The van der Waals surface area contributed by atoms with E-state index in [1.807, 2.05) is 7.05 Å². The van der Waals surface area contributed by atoms with Crippen LogP contribution in [0.1, 0.15) is 31.9 Å². The van der Waals surface area contributed by atoms with Gasteiger partial charge in [-0.05, 0) is 58.6 Å². The van der Waals surface area contributed by atoms with Crippen LogP contribution >= 0.6 is 0 Å². The SMILES string of the molecule is CNC(C)c1ccc(N2CCCN(C)CC2C)cc1. The van der Waals surface area contributed by atoms with Gasteiger partial charge in [0.25, 0.3) is 0 Å². The molecule has 0 aliphatic carbocycles. The molecule has 2 atom stereocenters. The van der Waals surface area contributed by atoms with Gasteiger partial charge in [-0.2, -0.15) is 0 Å². The van der Waals surface area contributed by atoms with Crippen LogP contribution in [0.3, 0.4) is 0 Å². The van der Waals surface area contributed by atoms with Crippen LogP contribution in [-0.4, -0.2) is 44.7 Å². The van der Waals surface area contributed by atoms with Crippen molar-refractivity contribution in [2.75, 3.05) is 38.6 Å². The number of anilines is 1. The monoisotopic (exact) mass is 261 g/mol. The molecule has 0 radical (unpaired) electrons. The average Bonchev–Trinajstić information content (AvgIpc) is 2.58. The van der Waals surface area contributed by atoms with Gasteiger partial charge in [-0.15, -0.1) is 0 Å². The molecule has 0 bridgehead atoms. The second-order valence-electron chi connectivity index (χ2n) is 5.76. The van der Waals surface area contributed by atoms with E-state index >= 15 is 0 Å². The summed E-state index contributed by atoms with van der Waals surface area (Å²) in [4.78, 5) is 4.97. The van der Waals surface area contributed by atoms with Crippen LogP contribution in [0.15, 0.2) is 24.3 Å². The highest BCUT2D eigenvalue weighted by Gasteiger charge is 2.19. The van der Waals surface area contributed by atoms with E-state index in [1.54, 1.807) is 0 Å². The minimum absolute atomic E-state index is 0.418. The zero-order chi connectivity index (χ0) is 13.8. The van der Waals surface area contributed by atoms with Crippen LogP contribution in [0.4, 0.5) is 5.69 Å². The fourth-order valence-electron chi connectivity index (χ4n) is 2.88. The van der Waals surface area contributed by atoms with Gasteiger partial charge in [0.05, 0.1) is 0 Å². The van der Waals surface area contributed by atoms with Crippen molar-refractivity contribution in [3.8, 4) is 0 Å². The second-order valence-corrected chi connectivity index (χ2v) is 5.76. The van der Waals surface area contributed by atoms with Crippen molar-refractivity contribution < 1.29 is 0 Å². The van der Waals surface area contributed by atoms with Gasteiger partial charge in [0, 0.05) is 30.9 Å². The maximum absolute atomic E-state index is 3.28. The highest BCUT2D eigenvalue weighted by Crippen LogP contribution is 2.22. The van der Waals surface area contributed by atoms with Gasteiger partial charge >= 0.3 is 0 Å². The predicted molar refractivity (Wildman–Crippen MR) is 82.8 cm³/mol. The molecule has 0 spiro atoms. The summed E-state index contributed by atoms with van der Waals surface area (Å²) in [5, 5.41) is 3.28. The molecule has 1 aromatic carbocycles. The Bertz CT molecular complexity index is 387. The van der Waals surface area contributed by atoms with Crippen LogP contribution in [0, 0.1) is 0 Å². The van der Waals surface area contributed by atoms with E-state index in [0.717, 1.165) is 13.1 Å². The van der Waals surface area contributed by atoms with Gasteiger partial charge in [-0.1, -0.05) is 12.1 Å². The smallest absolute Gasteiger partial charge is 0.0388 e. The molecule has 0 saturated carbocycles. The highest BCUT2D eigenvalue weighted by atomic mass is 15.2. The maximum atomic E-state index is 3.28. The Labute approximate surface area is 117 Å². The Balaban J connectivity index is 2.12. The third-order valence-electron chi connectivity index (χ3n) is 4.20. The molecule has 106 valence electrons. The van der Waals surface area contributed by atoms with Gasteiger partial charge < -0.3 is 15.1 Å². The topological polar surface area (TPSA) is 18.5 Å². The lowest BCUT2D eigenvalue weighted by Gasteiger charge is -2.30. The van der Waals surface area contributed by atoms with Gasteiger partial charge in [0.1, 0.15) is 0 Å². The molecule has 3 heteroatoms. The molecular formula is C16H27N3. The largest absolute Gasteiger partial charge is 0.367 e. The molecule has 2 rings (SSSR count). The molecule has 1 fully saturated rings. The fraction of sp³-hybridized carbons (Fsp3) is 0.625. The highest BCUT2D eigenvalue weighted by molar-refractivity contribution is 5.49. The number of likely N-dealkylation sites (N-methyl/N-ethyl adjacent to an activating group) is 1. The summed E-state index contributed by atoms with van der Waals surface area (Å²) in [6.07, 6.45) is 1.25. The lowest BCUT2D eigenvalue weighted by molar-refractivity contribution is 0.337. The van der Waals surface area contributed by atoms with E-state index in [2.05, 4.69) is 60.3 Å². The molecule has 1 heterocycles. The van der Waals surface area contributed by atoms with Crippen LogP contribution in [0.2, 0.25) is 0 Å². The molecule has 1 aliphatic heterocycles. The first-order valence-electron chi connectivity index (χ1n) is 7.34. The number of nitrogens with one attached hydrogen (secondary N) is 1. The molecule has 2 unspecified atom stereocenters. The van der Waals surface area contributed by atoms with Gasteiger partial charge in [0.15, 0.2) is 0 Å². The summed E-state index contributed by atoms with van der Waals surface area (Å²) in [5.74, 6) is 0. The first-order valence-corrected chi connectivity index (χ1v) is 7.34. The number of benzene rings is 1. The summed E-state index contributed by atoms with van der Waals surface area (Å²) < 4.78 is 0. The number of nitrogens with zero attached hydrogens (tertiary/aromatic N) is 2. The van der Waals surface area contributed by atoms with Crippen LogP contribution in [0.25, 0.3) is 0 Å². The number of hydrogen-bond acceptors (Lipinski definition) is 3. The summed E-state index contributed by atoms with van der Waals surface area (Å²) >= 11 is 0. The molecule has 1 aromatic rings. The standard InChI is InChI=1S/C16H27N3/c1-13-12-18(4)10-5-11-19(13)16-8-6-15(7-9-16)14(2)17-3/h6-9,13-14,17H,5,10-12H2,1-4H3. The van der Waals surface area contributed by atoms with E-state index in [1.165, 1.54) is 24.2 Å². The van der Waals surface area contributed by atoms with E-state index < -0.39 is 0 Å². The van der Waals surface area contributed by atoms with Crippen molar-refractivity contribution in [2.45, 2.75) is 32.4 Å². The first kappa shape index (κ1) is 14.4. The van der Waals surface area contributed by atoms with Crippen molar-refractivity contribution in [1.29, 1.82) is 0 Å². The number of rotatable bonds is 3. The normalized spacial score (nSPS) is 23.2. The van der Waals surface area contributed by atoms with Crippen molar-refractivity contribution in [1.82, 2.24) is 10.2 Å². The molecule has 0 aromatic heterocycles. The second kappa shape index (κ2) is 6.40. The Hall–Kier alpha value is -1.06. The molecule has 3 nitrogen and oxygen atoms in total. The molecular weight excluding hydrogens is 234 g/mol. The molecule has 0 amide bonds. The lowest BCUT2D eigenvalue weighted by Crippen LogP contribution is -2.37. The third kappa shape index (κ3) is 3.48. The first-order chi connectivity index (χ1) is 9.11. The molecule has 1 saturated heterocycles. The van der Waals surface area contributed by atoms with E-state index in [4.69, 9.17) is 0 Å². The number of hydrogen-bond donors (Lipinski definition) is 1. The maximum Gasteiger partial charge on any atom is 0.0388 e. The summed E-state index contributed by atoms with van der Waals surface area (Å²) in [6.45, 7) is 8.03. The van der Waals surface area contributed by atoms with Crippen LogP contribution in [-0.2, 0) is 0 Å². The van der Waals surface area contributed by atoms with Crippen molar-refractivity contribution >= 4 is 5.69 Å². The van der Waals surface area contributed by atoms with Crippen LogP contribution in [0.5, 0.6) is 0 Å². The Morgan fingerprint density at radius 1 is 1.21 bits per heavy atom. The quantitative estimate of drug-likeness (QED) is 0.902. The van der Waals surface area contributed by atoms with Gasteiger partial charge in [-0.3, -0.25) is 0 Å². The van der Waals surface area contributed by atoms with E-state index in [-0.39, 0.29) is 0 Å². The Kier molecular flexibility index (Phi) is 4.83.